The van der Waals surface area contributed by atoms with E-state index in [1.807, 2.05) is 4.72 Å². The smallest absolute Gasteiger partial charge is 0.266 e. The number of aromatic nitrogens is 1. The van der Waals surface area contributed by atoms with E-state index in [2.05, 4.69) is 4.98 Å². The fourth-order valence-corrected chi connectivity index (χ4v) is 4.00. The molecule has 6 nitrogen and oxygen atoms in total. The van der Waals surface area contributed by atoms with Gasteiger partial charge in [-0.2, -0.15) is 0 Å². The van der Waals surface area contributed by atoms with Crippen LogP contribution in [0.25, 0.3) is 10.9 Å². The van der Waals surface area contributed by atoms with Gasteiger partial charge in [-0.05, 0) is 36.4 Å². The van der Waals surface area contributed by atoms with Gasteiger partial charge >= 0.3 is 0 Å². The van der Waals surface area contributed by atoms with Crippen molar-refractivity contribution in [1.82, 2.24) is 9.71 Å². The normalized spacial score (nSPS) is 12.7. The van der Waals surface area contributed by atoms with Gasteiger partial charge in [0.2, 0.25) is 0 Å². The van der Waals surface area contributed by atoms with Crippen LogP contribution in [0.5, 0.6) is 0 Å². The summed E-state index contributed by atoms with van der Waals surface area (Å²) in [6, 6.07) is 14.1. The van der Waals surface area contributed by atoms with Crippen LogP contribution in [0.3, 0.4) is 0 Å². The minimum atomic E-state index is -4.08. The van der Waals surface area contributed by atoms with Gasteiger partial charge in [-0.15, -0.1) is 0 Å². The van der Waals surface area contributed by atoms with Crippen molar-refractivity contribution in [3.05, 3.63) is 66.4 Å². The highest BCUT2D eigenvalue weighted by molar-refractivity contribution is 7.90. The minimum Gasteiger partial charge on any atom is -0.268 e. The molecule has 0 aliphatic heterocycles. The third-order valence-corrected chi connectivity index (χ3v) is 5.86. The number of amides is 1. The first kappa shape index (κ1) is 17.2. The van der Waals surface area contributed by atoms with Crippen LogP contribution in [-0.2, 0) is 20.8 Å². The molecule has 1 atom stereocenters. The number of pyridine rings is 1. The molecule has 128 valence electrons. The molecule has 0 fully saturated rings. The lowest BCUT2D eigenvalue weighted by Crippen LogP contribution is -2.30. The molecule has 0 aliphatic rings. The topological polar surface area (TPSA) is 93.2 Å². The van der Waals surface area contributed by atoms with Gasteiger partial charge in [0.05, 0.1) is 5.52 Å². The van der Waals surface area contributed by atoms with Crippen molar-refractivity contribution >= 4 is 37.6 Å². The van der Waals surface area contributed by atoms with E-state index < -0.39 is 26.7 Å². The van der Waals surface area contributed by atoms with Crippen LogP contribution in [0.15, 0.2) is 70.6 Å². The van der Waals surface area contributed by atoms with E-state index in [4.69, 9.17) is 0 Å². The van der Waals surface area contributed by atoms with Crippen molar-refractivity contribution < 1.29 is 17.4 Å². The summed E-state index contributed by atoms with van der Waals surface area (Å²) in [5, 5.41) is 0.660. The summed E-state index contributed by atoms with van der Waals surface area (Å²) in [5.74, 6) is -0.763. The first-order chi connectivity index (χ1) is 11.9. The predicted molar refractivity (Wildman–Crippen MR) is 95.2 cm³/mol. The molecule has 2 aromatic carbocycles. The molecule has 0 radical (unpaired) electrons. The Morgan fingerprint density at radius 3 is 2.40 bits per heavy atom. The highest BCUT2D eigenvalue weighted by Crippen LogP contribution is 2.20. The van der Waals surface area contributed by atoms with E-state index in [-0.39, 0.29) is 10.5 Å². The number of para-hydroxylation sites is 1. The summed E-state index contributed by atoms with van der Waals surface area (Å²) < 4.78 is 38.6. The molecular weight excluding hydrogens is 360 g/mol. The average molecular weight is 374 g/mol. The summed E-state index contributed by atoms with van der Waals surface area (Å²) in [7, 11) is -5.26. The van der Waals surface area contributed by atoms with Crippen LogP contribution in [0.4, 0.5) is 0 Å². The molecule has 3 rings (SSSR count). The van der Waals surface area contributed by atoms with E-state index in [0.29, 0.717) is 15.8 Å². The molecule has 0 spiro atoms. The molecule has 8 heteroatoms. The van der Waals surface area contributed by atoms with Crippen molar-refractivity contribution in [3.63, 3.8) is 0 Å². The van der Waals surface area contributed by atoms with E-state index in [1.165, 1.54) is 42.8 Å². The van der Waals surface area contributed by atoms with Gasteiger partial charge in [0.1, 0.15) is 4.90 Å². The van der Waals surface area contributed by atoms with E-state index in [0.717, 1.165) is 0 Å². The first-order valence-electron chi connectivity index (χ1n) is 7.23. The summed E-state index contributed by atoms with van der Waals surface area (Å²) in [6.45, 7) is 0. The molecule has 3 aromatic rings. The van der Waals surface area contributed by atoms with Crippen LogP contribution in [0, 0.1) is 0 Å². The van der Waals surface area contributed by atoms with Crippen LogP contribution < -0.4 is 4.72 Å². The number of nitrogens with zero attached hydrogens (tertiary/aromatic N) is 1. The number of hydrogen-bond acceptors (Lipinski definition) is 5. The van der Waals surface area contributed by atoms with Crippen LogP contribution in [0.1, 0.15) is 10.4 Å². The van der Waals surface area contributed by atoms with Gasteiger partial charge in [-0.25, -0.2) is 13.1 Å². The Hall–Kier alpha value is -2.58. The Morgan fingerprint density at radius 1 is 1.04 bits per heavy atom. The Kier molecular flexibility index (Phi) is 4.65. The third kappa shape index (κ3) is 3.59. The van der Waals surface area contributed by atoms with Gasteiger partial charge in [0.25, 0.3) is 15.9 Å². The maximum atomic E-state index is 12.6. The number of carbonyl (C=O) groups excluding carboxylic acids is 1. The Labute approximate surface area is 147 Å². The molecule has 1 N–H and O–H groups in total. The molecule has 1 heterocycles. The second-order valence-corrected chi connectivity index (χ2v) is 8.27. The average Bonchev–Trinajstić information content (AvgIpc) is 2.61. The van der Waals surface area contributed by atoms with Crippen molar-refractivity contribution in [2.45, 2.75) is 9.79 Å². The van der Waals surface area contributed by atoms with Crippen molar-refractivity contribution in [3.8, 4) is 0 Å². The lowest BCUT2D eigenvalue weighted by atomic mass is 10.2. The second-order valence-electron chi connectivity index (χ2n) is 5.24. The molecule has 0 saturated heterocycles. The number of benzene rings is 2. The standard InChI is InChI=1S/C17H14N2O4S2/c1-24(21)14-9-7-13(8-10-14)17(20)19-25(22,23)15-6-2-4-12-5-3-11-18-16(12)15/h2-11H,1H3,(H,19,20). The van der Waals surface area contributed by atoms with Crippen LogP contribution in [0.2, 0.25) is 0 Å². The number of carbonyl (C=O) groups is 1. The Morgan fingerprint density at radius 2 is 1.72 bits per heavy atom. The van der Waals surface area contributed by atoms with Gasteiger partial charge in [-0.1, -0.05) is 18.2 Å². The highest BCUT2D eigenvalue weighted by atomic mass is 32.2. The maximum absolute atomic E-state index is 12.6. The number of sulfonamides is 1. The highest BCUT2D eigenvalue weighted by Gasteiger charge is 2.21. The SMILES string of the molecule is CS(=O)c1ccc(C(=O)NS(=O)(=O)c2cccc3cccnc23)cc1. The zero-order valence-corrected chi connectivity index (χ0v) is 14.8. The molecule has 0 saturated carbocycles. The summed E-state index contributed by atoms with van der Waals surface area (Å²) in [6.07, 6.45) is 3.01. The third-order valence-electron chi connectivity index (χ3n) is 3.56. The van der Waals surface area contributed by atoms with E-state index in [1.54, 1.807) is 24.3 Å². The zero-order valence-electron chi connectivity index (χ0n) is 13.2. The molecule has 1 amide bonds. The largest absolute Gasteiger partial charge is 0.268 e. The van der Waals surface area contributed by atoms with Crippen LogP contribution in [-0.4, -0.2) is 29.8 Å². The van der Waals surface area contributed by atoms with Gasteiger partial charge < -0.3 is 0 Å². The number of nitrogens with one attached hydrogen (secondary N) is 1. The maximum Gasteiger partial charge on any atom is 0.266 e. The zero-order chi connectivity index (χ0) is 18.0. The number of hydrogen-bond donors (Lipinski definition) is 1. The fraction of sp³-hybridized carbons (Fsp3) is 0.0588. The van der Waals surface area contributed by atoms with Crippen molar-refractivity contribution in [2.75, 3.05) is 6.26 Å². The molecule has 0 aliphatic carbocycles. The molecular formula is C17H14N2O4S2. The van der Waals surface area contributed by atoms with Gasteiger partial charge in [0.15, 0.2) is 0 Å². The quantitative estimate of drug-likeness (QED) is 0.755. The monoisotopic (exact) mass is 374 g/mol. The van der Waals surface area contributed by atoms with Crippen molar-refractivity contribution in [1.29, 1.82) is 0 Å². The van der Waals surface area contributed by atoms with Gasteiger partial charge in [-0.3, -0.25) is 14.0 Å². The molecule has 25 heavy (non-hydrogen) atoms. The Balaban J connectivity index is 1.92. The summed E-state index contributed by atoms with van der Waals surface area (Å²) in [5.41, 5.74) is 0.452. The van der Waals surface area contributed by atoms with Crippen LogP contribution >= 0.6 is 0 Å². The predicted octanol–water partition coefficient (Wildman–Crippen LogP) is 2.09. The Bertz CT molecular complexity index is 1070. The fourth-order valence-electron chi connectivity index (χ4n) is 2.33. The van der Waals surface area contributed by atoms with Gasteiger partial charge in [0, 0.05) is 39.1 Å². The summed E-state index contributed by atoms with van der Waals surface area (Å²) >= 11 is 0. The number of rotatable bonds is 4. The molecule has 0 bridgehead atoms. The summed E-state index contributed by atoms with van der Waals surface area (Å²) in [4.78, 5) is 16.8. The van der Waals surface area contributed by atoms with Crippen molar-refractivity contribution in [2.24, 2.45) is 0 Å². The molecule has 1 aromatic heterocycles. The van der Waals surface area contributed by atoms with E-state index >= 15 is 0 Å². The first-order valence-corrected chi connectivity index (χ1v) is 10.3. The number of fused-ring (bicyclic) bond motifs is 1. The molecule has 1 unspecified atom stereocenters. The lowest BCUT2D eigenvalue weighted by Gasteiger charge is -2.09. The minimum absolute atomic E-state index is 0.0646. The van der Waals surface area contributed by atoms with E-state index in [9.17, 15) is 17.4 Å². The second kappa shape index (κ2) is 6.73. The lowest BCUT2D eigenvalue weighted by molar-refractivity contribution is 0.0981.